The molecule has 1 aliphatic rings. The molecule has 0 saturated heterocycles. The van der Waals surface area contributed by atoms with Crippen molar-refractivity contribution in [1.29, 1.82) is 0 Å². The molecule has 1 saturated carbocycles. The van der Waals surface area contributed by atoms with Gasteiger partial charge in [0.25, 0.3) is 0 Å². The maximum absolute atomic E-state index is 11.7. The van der Waals surface area contributed by atoms with E-state index in [4.69, 9.17) is 0 Å². The molecule has 1 aliphatic carbocycles. The summed E-state index contributed by atoms with van der Waals surface area (Å²) in [6.07, 6.45) is 9.17. The van der Waals surface area contributed by atoms with E-state index in [0.29, 0.717) is 18.1 Å². The molecule has 0 radical (unpaired) electrons. The molecular formula is C12H18N2O. The van der Waals surface area contributed by atoms with Crippen LogP contribution in [0, 0.1) is 0 Å². The van der Waals surface area contributed by atoms with Gasteiger partial charge in [0.2, 0.25) is 0 Å². The highest BCUT2D eigenvalue weighted by Gasteiger charge is 2.18. The molecule has 82 valence electrons. The van der Waals surface area contributed by atoms with Gasteiger partial charge in [-0.25, -0.2) is 0 Å². The fourth-order valence-corrected chi connectivity index (χ4v) is 2.30. The molecule has 1 unspecified atom stereocenters. The standard InChI is InChI=1S/C12H18N2O/c15-11-6-4-2-1-3-5-10(9-11)12-7-8-13-14-12/h7-8,10H,1-6,9H2,(H,13,14). The third kappa shape index (κ3) is 2.91. The number of carbonyl (C=O) groups is 1. The highest BCUT2D eigenvalue weighted by Crippen LogP contribution is 2.27. The lowest BCUT2D eigenvalue weighted by atomic mass is 9.93. The topological polar surface area (TPSA) is 45.8 Å². The zero-order valence-corrected chi connectivity index (χ0v) is 9.04. The van der Waals surface area contributed by atoms with E-state index in [9.17, 15) is 4.79 Å². The summed E-state index contributed by atoms with van der Waals surface area (Å²) in [5, 5.41) is 7.03. The Bertz CT molecular complexity index is 305. The molecule has 0 amide bonds. The highest BCUT2D eigenvalue weighted by atomic mass is 16.1. The smallest absolute Gasteiger partial charge is 0.133 e. The third-order valence-corrected chi connectivity index (χ3v) is 3.17. The van der Waals surface area contributed by atoms with E-state index >= 15 is 0 Å². The van der Waals surface area contributed by atoms with Gasteiger partial charge in [-0.3, -0.25) is 9.89 Å². The predicted octanol–water partition coefficient (Wildman–Crippen LogP) is 2.81. The third-order valence-electron chi connectivity index (χ3n) is 3.17. The van der Waals surface area contributed by atoms with Crippen molar-refractivity contribution in [3.05, 3.63) is 18.0 Å². The van der Waals surface area contributed by atoms with Crippen molar-refractivity contribution in [3.8, 4) is 0 Å². The van der Waals surface area contributed by atoms with Gasteiger partial charge in [0, 0.05) is 25.0 Å². The first-order chi connectivity index (χ1) is 7.36. The van der Waals surface area contributed by atoms with Crippen molar-refractivity contribution in [2.45, 2.75) is 50.9 Å². The van der Waals surface area contributed by atoms with Gasteiger partial charge in [-0.2, -0.15) is 5.10 Å². The second kappa shape index (κ2) is 5.10. The minimum atomic E-state index is 0.349. The Morgan fingerprint density at radius 2 is 2.13 bits per heavy atom. The molecule has 0 bridgehead atoms. The molecule has 15 heavy (non-hydrogen) atoms. The maximum Gasteiger partial charge on any atom is 0.133 e. The second-order valence-corrected chi connectivity index (χ2v) is 4.39. The summed E-state index contributed by atoms with van der Waals surface area (Å²) >= 11 is 0. The first kappa shape index (κ1) is 10.4. The Morgan fingerprint density at radius 3 is 2.93 bits per heavy atom. The number of ketones is 1. The number of aromatic amines is 1. The van der Waals surface area contributed by atoms with E-state index in [2.05, 4.69) is 10.2 Å². The van der Waals surface area contributed by atoms with Crippen molar-refractivity contribution < 1.29 is 4.79 Å². The number of hydrogen-bond acceptors (Lipinski definition) is 2. The van der Waals surface area contributed by atoms with Gasteiger partial charge in [-0.15, -0.1) is 0 Å². The van der Waals surface area contributed by atoms with Crippen molar-refractivity contribution in [1.82, 2.24) is 10.2 Å². The fraction of sp³-hybridized carbons (Fsp3) is 0.667. The van der Waals surface area contributed by atoms with E-state index in [-0.39, 0.29) is 0 Å². The lowest BCUT2D eigenvalue weighted by molar-refractivity contribution is -0.119. The van der Waals surface area contributed by atoms with Crippen LogP contribution in [-0.2, 0) is 4.79 Å². The van der Waals surface area contributed by atoms with Crippen LogP contribution in [-0.4, -0.2) is 16.0 Å². The maximum atomic E-state index is 11.7. The molecule has 3 nitrogen and oxygen atoms in total. The zero-order valence-electron chi connectivity index (χ0n) is 9.04. The van der Waals surface area contributed by atoms with E-state index in [1.807, 2.05) is 12.3 Å². The minimum absolute atomic E-state index is 0.349. The SMILES string of the molecule is O=C1CCCCCCC(c2cc[nH]n2)C1. The molecule has 0 aromatic carbocycles. The Labute approximate surface area is 90.3 Å². The first-order valence-corrected chi connectivity index (χ1v) is 5.87. The summed E-state index contributed by atoms with van der Waals surface area (Å²) in [4.78, 5) is 11.7. The summed E-state index contributed by atoms with van der Waals surface area (Å²) in [7, 11) is 0. The first-order valence-electron chi connectivity index (χ1n) is 5.87. The van der Waals surface area contributed by atoms with Crippen LogP contribution in [0.15, 0.2) is 12.3 Å². The number of aromatic nitrogens is 2. The van der Waals surface area contributed by atoms with Gasteiger partial charge in [-0.1, -0.05) is 19.3 Å². The number of H-pyrrole nitrogens is 1. The number of nitrogens with zero attached hydrogens (tertiary/aromatic N) is 1. The van der Waals surface area contributed by atoms with Crippen molar-refractivity contribution in [2.24, 2.45) is 0 Å². The number of rotatable bonds is 1. The molecule has 3 heteroatoms. The summed E-state index contributed by atoms with van der Waals surface area (Å²) < 4.78 is 0. The molecule has 1 aromatic rings. The van der Waals surface area contributed by atoms with Gasteiger partial charge in [0.1, 0.15) is 5.78 Å². The number of Topliss-reactive ketones (excluding diaryl/α,β-unsaturated/α-hetero) is 1. The average molecular weight is 206 g/mol. The van der Waals surface area contributed by atoms with Crippen LogP contribution in [0.5, 0.6) is 0 Å². The van der Waals surface area contributed by atoms with Gasteiger partial charge >= 0.3 is 0 Å². The molecule has 1 heterocycles. The van der Waals surface area contributed by atoms with Gasteiger partial charge in [0.15, 0.2) is 0 Å². The molecule has 1 N–H and O–H groups in total. The van der Waals surface area contributed by atoms with Crippen molar-refractivity contribution >= 4 is 5.78 Å². The van der Waals surface area contributed by atoms with Crippen LogP contribution < -0.4 is 0 Å². The lowest BCUT2D eigenvalue weighted by Gasteiger charge is -2.11. The van der Waals surface area contributed by atoms with E-state index in [1.54, 1.807) is 0 Å². The minimum Gasteiger partial charge on any atom is -0.300 e. The van der Waals surface area contributed by atoms with Crippen LogP contribution in [0.2, 0.25) is 0 Å². The number of hydrogen-bond donors (Lipinski definition) is 1. The molecule has 1 atom stereocenters. The van der Waals surface area contributed by atoms with Crippen LogP contribution in [0.25, 0.3) is 0 Å². The van der Waals surface area contributed by atoms with Crippen LogP contribution in [0.1, 0.15) is 56.6 Å². The highest BCUT2D eigenvalue weighted by molar-refractivity contribution is 5.79. The monoisotopic (exact) mass is 206 g/mol. The molecule has 2 rings (SSSR count). The van der Waals surface area contributed by atoms with E-state index < -0.39 is 0 Å². The summed E-state index contributed by atoms with van der Waals surface area (Å²) in [6, 6.07) is 2.00. The molecule has 0 spiro atoms. The predicted molar refractivity (Wildman–Crippen MR) is 58.7 cm³/mol. The van der Waals surface area contributed by atoms with Crippen LogP contribution in [0.3, 0.4) is 0 Å². The number of carbonyl (C=O) groups excluding carboxylic acids is 1. The van der Waals surface area contributed by atoms with Crippen LogP contribution >= 0.6 is 0 Å². The Morgan fingerprint density at radius 1 is 1.27 bits per heavy atom. The Balaban J connectivity index is 2.04. The molecule has 1 aromatic heterocycles. The average Bonchev–Trinajstić information content (AvgIpc) is 2.74. The Kier molecular flexibility index (Phi) is 3.54. The fourth-order valence-electron chi connectivity index (χ4n) is 2.30. The van der Waals surface area contributed by atoms with Gasteiger partial charge < -0.3 is 0 Å². The summed E-state index contributed by atoms with van der Waals surface area (Å²) in [5.74, 6) is 0.756. The zero-order chi connectivity index (χ0) is 10.5. The van der Waals surface area contributed by atoms with E-state index in [0.717, 1.165) is 25.0 Å². The quantitative estimate of drug-likeness (QED) is 0.768. The largest absolute Gasteiger partial charge is 0.300 e. The molecule has 0 aliphatic heterocycles. The lowest BCUT2D eigenvalue weighted by Crippen LogP contribution is -2.06. The van der Waals surface area contributed by atoms with Gasteiger partial charge in [0.05, 0.1) is 5.69 Å². The molecule has 1 fully saturated rings. The second-order valence-electron chi connectivity index (χ2n) is 4.39. The Hall–Kier alpha value is -1.12. The van der Waals surface area contributed by atoms with E-state index in [1.165, 1.54) is 19.3 Å². The van der Waals surface area contributed by atoms with Crippen molar-refractivity contribution in [3.63, 3.8) is 0 Å². The summed E-state index contributed by atoms with van der Waals surface area (Å²) in [5.41, 5.74) is 1.06. The normalized spacial score (nSPS) is 24.3. The van der Waals surface area contributed by atoms with Gasteiger partial charge in [-0.05, 0) is 18.9 Å². The van der Waals surface area contributed by atoms with Crippen molar-refractivity contribution in [2.75, 3.05) is 0 Å². The summed E-state index contributed by atoms with van der Waals surface area (Å²) in [6.45, 7) is 0. The number of nitrogens with one attached hydrogen (secondary N) is 1. The van der Waals surface area contributed by atoms with Crippen LogP contribution in [0.4, 0.5) is 0 Å². The molecular weight excluding hydrogens is 188 g/mol.